The number of morpholine rings is 1. The standard InChI is InChI=1S/C18H27ClN4O2/c1-15-14-16(19)2-3-17(15)20-18(24)23-8-6-21(7-9-23)4-5-22-10-12-25-13-11-22/h2-3,14H,4-13H2,1H3,(H,20,24). The number of urea groups is 1. The number of carbonyl (C=O) groups excluding carboxylic acids is 1. The molecule has 6 nitrogen and oxygen atoms in total. The highest BCUT2D eigenvalue weighted by molar-refractivity contribution is 6.30. The molecule has 1 aromatic rings. The number of amides is 2. The number of piperazine rings is 1. The van der Waals surface area contributed by atoms with Crippen molar-refractivity contribution in [1.29, 1.82) is 0 Å². The number of rotatable bonds is 4. The molecule has 0 atom stereocenters. The lowest BCUT2D eigenvalue weighted by molar-refractivity contribution is 0.0311. The smallest absolute Gasteiger partial charge is 0.321 e. The van der Waals surface area contributed by atoms with Gasteiger partial charge in [0, 0.05) is 63.1 Å². The minimum Gasteiger partial charge on any atom is -0.379 e. The minimum absolute atomic E-state index is 0.0294. The monoisotopic (exact) mass is 366 g/mol. The predicted molar refractivity (Wildman–Crippen MR) is 100 cm³/mol. The lowest BCUT2D eigenvalue weighted by Gasteiger charge is -2.36. The number of hydrogen-bond acceptors (Lipinski definition) is 4. The number of anilines is 1. The number of ether oxygens (including phenoxy) is 1. The van der Waals surface area contributed by atoms with Crippen molar-refractivity contribution in [2.24, 2.45) is 0 Å². The third kappa shape index (κ3) is 5.31. The first-order valence-corrected chi connectivity index (χ1v) is 9.34. The van der Waals surface area contributed by atoms with Crippen LogP contribution in [0.15, 0.2) is 18.2 Å². The van der Waals surface area contributed by atoms with Gasteiger partial charge in [-0.3, -0.25) is 9.80 Å². The number of carbonyl (C=O) groups is 1. The second-order valence-corrected chi connectivity index (χ2v) is 7.11. The molecule has 0 unspecified atom stereocenters. The molecule has 7 heteroatoms. The predicted octanol–water partition coefficient (Wildman–Crippen LogP) is 2.13. The van der Waals surface area contributed by atoms with Crippen molar-refractivity contribution in [1.82, 2.24) is 14.7 Å². The van der Waals surface area contributed by atoms with Gasteiger partial charge in [-0.25, -0.2) is 4.79 Å². The van der Waals surface area contributed by atoms with Crippen molar-refractivity contribution in [3.8, 4) is 0 Å². The molecule has 1 aromatic carbocycles. The summed E-state index contributed by atoms with van der Waals surface area (Å²) in [5.74, 6) is 0. The van der Waals surface area contributed by atoms with Crippen LogP contribution >= 0.6 is 11.6 Å². The van der Waals surface area contributed by atoms with E-state index in [0.717, 1.165) is 76.8 Å². The summed E-state index contributed by atoms with van der Waals surface area (Å²) < 4.78 is 5.38. The Bertz CT molecular complexity index is 584. The third-order valence-electron chi connectivity index (χ3n) is 4.93. The Morgan fingerprint density at radius 3 is 2.36 bits per heavy atom. The van der Waals surface area contributed by atoms with E-state index in [0.29, 0.717) is 5.02 Å². The molecule has 0 aromatic heterocycles. The van der Waals surface area contributed by atoms with Gasteiger partial charge in [0.25, 0.3) is 0 Å². The lowest BCUT2D eigenvalue weighted by Crippen LogP contribution is -2.51. The van der Waals surface area contributed by atoms with Crippen LogP contribution in [0.25, 0.3) is 0 Å². The fourth-order valence-electron chi connectivity index (χ4n) is 3.24. The zero-order valence-corrected chi connectivity index (χ0v) is 15.6. The van der Waals surface area contributed by atoms with E-state index in [9.17, 15) is 4.79 Å². The Balaban J connectivity index is 1.41. The van der Waals surface area contributed by atoms with Crippen LogP contribution in [0.2, 0.25) is 5.02 Å². The zero-order valence-electron chi connectivity index (χ0n) is 14.8. The fourth-order valence-corrected chi connectivity index (χ4v) is 3.47. The average molecular weight is 367 g/mol. The van der Waals surface area contributed by atoms with Crippen LogP contribution in [0.3, 0.4) is 0 Å². The summed E-state index contributed by atoms with van der Waals surface area (Å²) in [6, 6.07) is 5.49. The number of aryl methyl sites for hydroxylation is 1. The summed E-state index contributed by atoms with van der Waals surface area (Å²) in [6.45, 7) is 11.2. The Morgan fingerprint density at radius 1 is 1.08 bits per heavy atom. The summed E-state index contributed by atoms with van der Waals surface area (Å²) >= 11 is 5.97. The van der Waals surface area contributed by atoms with Gasteiger partial charge < -0.3 is 15.0 Å². The van der Waals surface area contributed by atoms with Crippen LogP contribution in [0.1, 0.15) is 5.56 Å². The van der Waals surface area contributed by atoms with Crippen LogP contribution in [-0.2, 0) is 4.74 Å². The summed E-state index contributed by atoms with van der Waals surface area (Å²) in [6.07, 6.45) is 0. The maximum absolute atomic E-state index is 12.5. The van der Waals surface area contributed by atoms with Gasteiger partial charge in [0.1, 0.15) is 0 Å². The number of nitrogens with one attached hydrogen (secondary N) is 1. The molecule has 2 amide bonds. The Hall–Kier alpha value is -1.34. The first kappa shape index (κ1) is 18.5. The van der Waals surface area contributed by atoms with Gasteiger partial charge >= 0.3 is 6.03 Å². The second kappa shape index (κ2) is 8.85. The maximum Gasteiger partial charge on any atom is 0.321 e. The van der Waals surface area contributed by atoms with Gasteiger partial charge in [0.15, 0.2) is 0 Å². The van der Waals surface area contributed by atoms with E-state index in [1.165, 1.54) is 0 Å². The van der Waals surface area contributed by atoms with Gasteiger partial charge in [-0.1, -0.05) is 11.6 Å². The fraction of sp³-hybridized carbons (Fsp3) is 0.611. The molecule has 2 saturated heterocycles. The molecule has 0 spiro atoms. The molecular formula is C18H27ClN4O2. The SMILES string of the molecule is Cc1cc(Cl)ccc1NC(=O)N1CCN(CCN2CCOCC2)CC1. The van der Waals surface area contributed by atoms with Crippen LogP contribution in [-0.4, -0.2) is 86.3 Å². The van der Waals surface area contributed by atoms with Crippen molar-refractivity contribution in [2.45, 2.75) is 6.92 Å². The lowest BCUT2D eigenvalue weighted by atomic mass is 10.2. The molecule has 2 aliphatic heterocycles. The van der Waals surface area contributed by atoms with Gasteiger partial charge in [-0.05, 0) is 30.7 Å². The van der Waals surface area contributed by atoms with Gasteiger partial charge in [-0.2, -0.15) is 0 Å². The normalized spacial score (nSPS) is 19.8. The average Bonchev–Trinajstić information content (AvgIpc) is 2.63. The summed E-state index contributed by atoms with van der Waals surface area (Å²) in [5.41, 5.74) is 1.80. The first-order chi connectivity index (χ1) is 12.1. The molecule has 0 saturated carbocycles. The summed E-state index contributed by atoms with van der Waals surface area (Å²) in [4.78, 5) is 19.2. The number of halogens is 1. The summed E-state index contributed by atoms with van der Waals surface area (Å²) in [7, 11) is 0. The molecular weight excluding hydrogens is 340 g/mol. The molecule has 0 aliphatic carbocycles. The van der Waals surface area contributed by atoms with Crippen LogP contribution in [0.4, 0.5) is 10.5 Å². The van der Waals surface area contributed by atoms with Crippen molar-refractivity contribution in [3.05, 3.63) is 28.8 Å². The van der Waals surface area contributed by atoms with Crippen LogP contribution < -0.4 is 5.32 Å². The molecule has 3 rings (SSSR count). The molecule has 1 N–H and O–H groups in total. The second-order valence-electron chi connectivity index (χ2n) is 6.67. The first-order valence-electron chi connectivity index (χ1n) is 8.96. The zero-order chi connectivity index (χ0) is 17.6. The van der Waals surface area contributed by atoms with E-state index >= 15 is 0 Å². The van der Waals surface area contributed by atoms with Crippen LogP contribution in [0.5, 0.6) is 0 Å². The van der Waals surface area contributed by atoms with E-state index in [-0.39, 0.29) is 6.03 Å². The highest BCUT2D eigenvalue weighted by Gasteiger charge is 2.22. The largest absolute Gasteiger partial charge is 0.379 e. The molecule has 0 radical (unpaired) electrons. The van der Waals surface area contributed by atoms with E-state index < -0.39 is 0 Å². The van der Waals surface area contributed by atoms with Crippen LogP contribution in [0, 0.1) is 6.92 Å². The van der Waals surface area contributed by atoms with E-state index in [2.05, 4.69) is 15.1 Å². The number of benzene rings is 1. The highest BCUT2D eigenvalue weighted by atomic mass is 35.5. The van der Waals surface area contributed by atoms with Gasteiger partial charge in [0.05, 0.1) is 13.2 Å². The van der Waals surface area contributed by atoms with Gasteiger partial charge in [-0.15, -0.1) is 0 Å². The van der Waals surface area contributed by atoms with E-state index in [1.54, 1.807) is 6.07 Å². The Morgan fingerprint density at radius 2 is 1.72 bits per heavy atom. The highest BCUT2D eigenvalue weighted by Crippen LogP contribution is 2.20. The molecule has 138 valence electrons. The van der Waals surface area contributed by atoms with Crippen molar-refractivity contribution in [3.63, 3.8) is 0 Å². The third-order valence-corrected chi connectivity index (χ3v) is 5.16. The molecule has 2 aliphatic rings. The van der Waals surface area contributed by atoms with E-state index in [4.69, 9.17) is 16.3 Å². The summed E-state index contributed by atoms with van der Waals surface area (Å²) in [5, 5.41) is 3.68. The minimum atomic E-state index is -0.0294. The van der Waals surface area contributed by atoms with E-state index in [1.807, 2.05) is 24.0 Å². The quantitative estimate of drug-likeness (QED) is 0.886. The van der Waals surface area contributed by atoms with Gasteiger partial charge in [0.2, 0.25) is 0 Å². The Labute approximate surface area is 154 Å². The number of nitrogens with zero attached hydrogens (tertiary/aromatic N) is 3. The maximum atomic E-state index is 12.5. The van der Waals surface area contributed by atoms with Crippen molar-refractivity contribution >= 4 is 23.3 Å². The van der Waals surface area contributed by atoms with Crippen molar-refractivity contribution in [2.75, 3.05) is 70.9 Å². The topological polar surface area (TPSA) is 48.1 Å². The molecule has 25 heavy (non-hydrogen) atoms. The molecule has 2 heterocycles. The molecule has 0 bridgehead atoms. The molecule has 2 fully saturated rings. The Kier molecular flexibility index (Phi) is 6.53. The number of hydrogen-bond donors (Lipinski definition) is 1. The van der Waals surface area contributed by atoms with Crippen molar-refractivity contribution < 1.29 is 9.53 Å².